The van der Waals surface area contributed by atoms with Crippen LogP contribution in [-0.4, -0.2) is 31.7 Å². The van der Waals surface area contributed by atoms with E-state index in [9.17, 15) is 14.9 Å². The molecule has 1 aromatic carbocycles. The summed E-state index contributed by atoms with van der Waals surface area (Å²) in [4.78, 5) is 21.5. The first-order chi connectivity index (χ1) is 11.0. The van der Waals surface area contributed by atoms with Gasteiger partial charge >= 0.3 is 11.9 Å². The fourth-order valence-electron chi connectivity index (χ4n) is 1.90. The van der Waals surface area contributed by atoms with Crippen molar-refractivity contribution in [1.82, 2.24) is 0 Å². The molecular formula is C15H15NO7. The third-order valence-electron chi connectivity index (χ3n) is 3.04. The molecule has 2 rings (SSSR count). The molecule has 8 nitrogen and oxygen atoms in total. The third kappa shape index (κ3) is 4.00. The third-order valence-corrected chi connectivity index (χ3v) is 3.04. The molecule has 0 saturated heterocycles. The number of carbonyl (C=O) groups is 1. The van der Waals surface area contributed by atoms with Gasteiger partial charge in [-0.1, -0.05) is 6.07 Å². The molecule has 0 amide bonds. The van der Waals surface area contributed by atoms with Crippen LogP contribution in [0.5, 0.6) is 11.5 Å². The van der Waals surface area contributed by atoms with Crippen molar-refractivity contribution in [1.29, 1.82) is 0 Å². The molecule has 0 bridgehead atoms. The van der Waals surface area contributed by atoms with E-state index in [1.54, 1.807) is 19.2 Å². The number of hydrogen-bond acceptors (Lipinski definition) is 7. The summed E-state index contributed by atoms with van der Waals surface area (Å²) in [6, 6.07) is 7.67. The second-order valence-corrected chi connectivity index (χ2v) is 4.47. The van der Waals surface area contributed by atoms with Crippen LogP contribution < -0.4 is 9.47 Å². The molecule has 0 saturated carbocycles. The monoisotopic (exact) mass is 321 g/mol. The highest BCUT2D eigenvalue weighted by Gasteiger charge is 2.18. The van der Waals surface area contributed by atoms with Crippen molar-refractivity contribution in [3.63, 3.8) is 0 Å². The summed E-state index contributed by atoms with van der Waals surface area (Å²) in [5.74, 6) is -0.270. The van der Waals surface area contributed by atoms with E-state index < -0.39 is 16.8 Å². The average molecular weight is 321 g/mol. The van der Waals surface area contributed by atoms with Crippen LogP contribution >= 0.6 is 0 Å². The van der Waals surface area contributed by atoms with Gasteiger partial charge in [0.05, 0.1) is 26.9 Å². The molecule has 23 heavy (non-hydrogen) atoms. The Hall–Kier alpha value is -3.03. The molecule has 2 aromatic rings. The van der Waals surface area contributed by atoms with Crippen LogP contribution in [0, 0.1) is 10.1 Å². The number of furan rings is 1. The first-order valence-electron chi connectivity index (χ1n) is 6.67. The lowest BCUT2D eigenvalue weighted by molar-refractivity contribution is -0.402. The van der Waals surface area contributed by atoms with Crippen molar-refractivity contribution in [2.24, 2.45) is 0 Å². The van der Waals surface area contributed by atoms with E-state index in [-0.39, 0.29) is 12.4 Å². The van der Waals surface area contributed by atoms with Gasteiger partial charge in [0.25, 0.3) is 0 Å². The Balaban J connectivity index is 1.91. The maximum atomic E-state index is 11.7. The zero-order valence-electron chi connectivity index (χ0n) is 12.6. The van der Waals surface area contributed by atoms with E-state index in [2.05, 4.69) is 0 Å². The molecule has 0 N–H and O–H groups in total. The van der Waals surface area contributed by atoms with Crippen molar-refractivity contribution in [2.45, 2.75) is 6.42 Å². The number of carbonyl (C=O) groups excluding carboxylic acids is 1. The highest BCUT2D eigenvalue weighted by atomic mass is 16.7. The lowest BCUT2D eigenvalue weighted by Crippen LogP contribution is -2.07. The summed E-state index contributed by atoms with van der Waals surface area (Å²) in [7, 11) is 3.08. The van der Waals surface area contributed by atoms with Crippen LogP contribution in [0.2, 0.25) is 0 Å². The van der Waals surface area contributed by atoms with E-state index >= 15 is 0 Å². The molecular weight excluding hydrogens is 306 g/mol. The standard InChI is InChI=1S/C15H15NO7/c1-20-11-4-3-10(9-13(11)21-2)7-8-22-15(17)12-5-6-14(23-12)16(18)19/h3-6,9H,7-8H2,1-2H3. The molecule has 122 valence electrons. The van der Waals surface area contributed by atoms with E-state index in [0.717, 1.165) is 11.6 Å². The van der Waals surface area contributed by atoms with Gasteiger partial charge in [0, 0.05) is 6.42 Å². The minimum atomic E-state index is -0.751. The minimum absolute atomic E-state index is 0.100. The Morgan fingerprint density at radius 1 is 1.17 bits per heavy atom. The Bertz CT molecular complexity index is 708. The van der Waals surface area contributed by atoms with E-state index in [1.165, 1.54) is 13.2 Å². The summed E-state index contributed by atoms with van der Waals surface area (Å²) >= 11 is 0. The maximum absolute atomic E-state index is 11.7. The van der Waals surface area contributed by atoms with E-state index in [4.69, 9.17) is 18.6 Å². The average Bonchev–Trinajstić information content (AvgIpc) is 3.05. The lowest BCUT2D eigenvalue weighted by atomic mass is 10.1. The zero-order chi connectivity index (χ0) is 16.8. The Morgan fingerprint density at radius 3 is 2.52 bits per heavy atom. The van der Waals surface area contributed by atoms with Crippen molar-refractivity contribution in [3.8, 4) is 11.5 Å². The summed E-state index contributed by atoms with van der Waals surface area (Å²) in [6.45, 7) is 0.100. The van der Waals surface area contributed by atoms with Crippen LogP contribution in [0.4, 0.5) is 5.88 Å². The lowest BCUT2D eigenvalue weighted by Gasteiger charge is -2.09. The van der Waals surface area contributed by atoms with Gasteiger partial charge in [-0.15, -0.1) is 0 Å². The van der Waals surface area contributed by atoms with Gasteiger partial charge in [0.2, 0.25) is 5.76 Å². The van der Waals surface area contributed by atoms with Crippen molar-refractivity contribution in [2.75, 3.05) is 20.8 Å². The van der Waals surface area contributed by atoms with Crippen molar-refractivity contribution in [3.05, 3.63) is 51.8 Å². The maximum Gasteiger partial charge on any atom is 0.433 e. The predicted octanol–water partition coefficient (Wildman–Crippen LogP) is 2.60. The Labute approximate surface area is 131 Å². The molecule has 1 heterocycles. The number of benzene rings is 1. The fraction of sp³-hybridized carbons (Fsp3) is 0.267. The van der Waals surface area contributed by atoms with E-state index in [1.807, 2.05) is 6.07 Å². The highest BCUT2D eigenvalue weighted by Crippen LogP contribution is 2.27. The molecule has 0 atom stereocenters. The van der Waals surface area contributed by atoms with Gasteiger partial charge < -0.3 is 18.6 Å². The van der Waals surface area contributed by atoms with Crippen LogP contribution in [-0.2, 0) is 11.2 Å². The molecule has 1 aromatic heterocycles. The SMILES string of the molecule is COc1ccc(CCOC(=O)c2ccc([N+](=O)[O-])o2)cc1OC. The predicted molar refractivity (Wildman–Crippen MR) is 78.9 cm³/mol. The molecule has 0 aliphatic heterocycles. The molecule has 0 fully saturated rings. The molecule has 8 heteroatoms. The summed E-state index contributed by atoms with van der Waals surface area (Å²) in [6.07, 6.45) is 0.453. The first-order valence-corrected chi connectivity index (χ1v) is 6.67. The number of ether oxygens (including phenoxy) is 3. The first kappa shape index (κ1) is 16.3. The number of methoxy groups -OCH3 is 2. The second-order valence-electron chi connectivity index (χ2n) is 4.47. The molecule has 0 radical (unpaired) electrons. The van der Waals surface area contributed by atoms with E-state index in [0.29, 0.717) is 17.9 Å². The number of rotatable bonds is 7. The quantitative estimate of drug-likeness (QED) is 0.439. The summed E-state index contributed by atoms with van der Waals surface area (Å²) < 4.78 is 20.1. The normalized spacial score (nSPS) is 10.2. The largest absolute Gasteiger partial charge is 0.493 e. The van der Waals surface area contributed by atoms with Gasteiger partial charge in [-0.05, 0) is 23.8 Å². The second kappa shape index (κ2) is 7.30. The van der Waals surface area contributed by atoms with Crippen LogP contribution in [0.1, 0.15) is 16.1 Å². The molecule has 0 aliphatic carbocycles. The number of esters is 1. The van der Waals surface area contributed by atoms with Crippen molar-refractivity contribution < 1.29 is 28.3 Å². The fourth-order valence-corrected chi connectivity index (χ4v) is 1.90. The highest BCUT2D eigenvalue weighted by molar-refractivity contribution is 5.86. The van der Waals surface area contributed by atoms with Gasteiger partial charge in [-0.25, -0.2) is 4.79 Å². The van der Waals surface area contributed by atoms with Gasteiger partial charge in [0.15, 0.2) is 11.5 Å². The molecule has 0 spiro atoms. The molecule has 0 aliphatic rings. The van der Waals surface area contributed by atoms with Gasteiger partial charge in [-0.2, -0.15) is 0 Å². The Kier molecular flexibility index (Phi) is 5.19. The van der Waals surface area contributed by atoms with Gasteiger partial charge in [0.1, 0.15) is 4.92 Å². The summed E-state index contributed by atoms with van der Waals surface area (Å²) in [5, 5.41) is 10.5. The van der Waals surface area contributed by atoms with Crippen LogP contribution in [0.25, 0.3) is 0 Å². The zero-order valence-corrected chi connectivity index (χ0v) is 12.6. The Morgan fingerprint density at radius 2 is 1.91 bits per heavy atom. The summed E-state index contributed by atoms with van der Waals surface area (Å²) in [5.41, 5.74) is 0.890. The molecule has 0 unspecified atom stereocenters. The van der Waals surface area contributed by atoms with Crippen LogP contribution in [0.3, 0.4) is 0 Å². The number of nitrogens with zero attached hydrogens (tertiary/aromatic N) is 1. The number of nitro groups is 1. The number of hydrogen-bond donors (Lipinski definition) is 0. The smallest absolute Gasteiger partial charge is 0.433 e. The van der Waals surface area contributed by atoms with Crippen molar-refractivity contribution >= 4 is 11.9 Å². The minimum Gasteiger partial charge on any atom is -0.493 e. The topological polar surface area (TPSA) is 101 Å². The van der Waals surface area contributed by atoms with Crippen LogP contribution in [0.15, 0.2) is 34.7 Å². The van der Waals surface area contributed by atoms with Gasteiger partial charge in [-0.3, -0.25) is 10.1 Å².